The van der Waals surface area contributed by atoms with Crippen molar-refractivity contribution in [3.05, 3.63) is 101 Å². The van der Waals surface area contributed by atoms with Gasteiger partial charge in [-0.1, -0.05) is 43.0 Å². The van der Waals surface area contributed by atoms with E-state index in [4.69, 9.17) is 9.15 Å². The smallest absolute Gasteiger partial charge is 0.138 e. The molecule has 0 unspecified atom stereocenters. The molecule has 0 spiro atoms. The third kappa shape index (κ3) is 2.96. The highest BCUT2D eigenvalue weighted by Crippen LogP contribution is 2.36. The summed E-state index contributed by atoms with van der Waals surface area (Å²) in [5.41, 5.74) is 8.69. The monoisotopic (exact) mass is 392 g/mol. The first kappa shape index (κ1) is 18.5. The number of benzene rings is 3. The van der Waals surface area contributed by atoms with Crippen LogP contribution in [0.15, 0.2) is 83.5 Å². The van der Waals surface area contributed by atoms with Crippen LogP contribution in [0.5, 0.6) is 5.75 Å². The maximum absolute atomic E-state index is 6.15. The Morgan fingerprint density at radius 2 is 1.87 bits per heavy atom. The quantitative estimate of drug-likeness (QED) is 0.331. The maximum atomic E-state index is 6.15. The van der Waals surface area contributed by atoms with Gasteiger partial charge in [0.25, 0.3) is 0 Å². The molecular weight excluding hydrogens is 368 g/mol. The van der Waals surface area contributed by atoms with Gasteiger partial charge in [-0.25, -0.2) is 0 Å². The fraction of sp³-hybridized carbons (Fsp3) is 0.143. The lowest BCUT2D eigenvalue weighted by atomic mass is 9.95. The zero-order chi connectivity index (χ0) is 20.8. The van der Waals surface area contributed by atoms with Gasteiger partial charge in [0.05, 0.1) is 0 Å². The predicted octanol–water partition coefficient (Wildman–Crippen LogP) is 7.85. The number of aryl methyl sites for hydroxylation is 1. The number of allylic oxidation sites excluding steroid dienone is 5. The molecule has 1 aromatic heterocycles. The normalized spacial score (nSPS) is 15.0. The van der Waals surface area contributed by atoms with E-state index in [-0.39, 0.29) is 0 Å². The molecule has 2 nitrogen and oxygen atoms in total. The summed E-state index contributed by atoms with van der Waals surface area (Å²) < 4.78 is 12.0. The van der Waals surface area contributed by atoms with E-state index in [1.54, 1.807) is 0 Å². The van der Waals surface area contributed by atoms with Crippen molar-refractivity contribution in [2.24, 2.45) is 0 Å². The average Bonchev–Trinajstić information content (AvgIpc) is 3.34. The Kier molecular flexibility index (Phi) is 4.36. The van der Waals surface area contributed by atoms with Crippen LogP contribution in [0, 0.1) is 6.92 Å². The van der Waals surface area contributed by atoms with Gasteiger partial charge in [0, 0.05) is 28.3 Å². The summed E-state index contributed by atoms with van der Waals surface area (Å²) in [5, 5.41) is 2.30. The minimum Gasteiger partial charge on any atom is -0.461 e. The fourth-order valence-electron chi connectivity index (χ4n) is 4.28. The van der Waals surface area contributed by atoms with Crippen molar-refractivity contribution in [1.29, 1.82) is 0 Å². The summed E-state index contributed by atoms with van der Waals surface area (Å²) >= 11 is 0. The van der Waals surface area contributed by atoms with Gasteiger partial charge in [0.2, 0.25) is 0 Å². The van der Waals surface area contributed by atoms with Crippen molar-refractivity contribution in [3.63, 3.8) is 0 Å². The first-order chi connectivity index (χ1) is 14.5. The Hall–Kier alpha value is -3.52. The summed E-state index contributed by atoms with van der Waals surface area (Å²) in [7, 11) is 0. The van der Waals surface area contributed by atoms with Crippen molar-refractivity contribution in [3.8, 4) is 5.75 Å². The Balaban J connectivity index is 1.50. The molecule has 4 aromatic rings. The van der Waals surface area contributed by atoms with Crippen molar-refractivity contribution >= 4 is 33.1 Å². The number of rotatable bonds is 3. The van der Waals surface area contributed by atoms with Gasteiger partial charge in [-0.15, -0.1) is 0 Å². The van der Waals surface area contributed by atoms with Crippen LogP contribution in [-0.4, -0.2) is 0 Å². The number of fused-ring (bicyclic) bond motifs is 4. The van der Waals surface area contributed by atoms with Gasteiger partial charge in [0.15, 0.2) is 0 Å². The third-order valence-electron chi connectivity index (χ3n) is 5.98. The Morgan fingerprint density at radius 1 is 1.03 bits per heavy atom. The zero-order valence-corrected chi connectivity index (χ0v) is 17.6. The Bertz CT molecular complexity index is 1380. The summed E-state index contributed by atoms with van der Waals surface area (Å²) in [5.74, 6) is 1.98. The molecule has 3 aromatic carbocycles. The van der Waals surface area contributed by atoms with E-state index in [2.05, 4.69) is 62.9 Å². The second-order valence-corrected chi connectivity index (χ2v) is 7.92. The summed E-state index contributed by atoms with van der Waals surface area (Å²) in [6.07, 6.45) is 5.04. The molecule has 0 fully saturated rings. The van der Waals surface area contributed by atoms with Gasteiger partial charge >= 0.3 is 0 Å². The average molecular weight is 392 g/mol. The van der Waals surface area contributed by atoms with Crippen molar-refractivity contribution < 1.29 is 9.15 Å². The Morgan fingerprint density at radius 3 is 2.70 bits per heavy atom. The molecule has 5 rings (SSSR count). The van der Waals surface area contributed by atoms with Gasteiger partial charge in [-0.05, 0) is 73.4 Å². The van der Waals surface area contributed by atoms with E-state index in [0.29, 0.717) is 0 Å². The van der Waals surface area contributed by atoms with Crippen LogP contribution in [-0.2, 0) is 6.42 Å². The molecule has 2 heterocycles. The van der Waals surface area contributed by atoms with Crippen molar-refractivity contribution in [2.45, 2.75) is 27.2 Å². The minimum atomic E-state index is 0.857. The molecular formula is C28H24O2. The van der Waals surface area contributed by atoms with Crippen LogP contribution in [0.4, 0.5) is 0 Å². The van der Waals surface area contributed by atoms with E-state index in [9.17, 15) is 0 Å². The van der Waals surface area contributed by atoms with Crippen LogP contribution in [0.25, 0.3) is 33.1 Å². The molecule has 148 valence electrons. The summed E-state index contributed by atoms with van der Waals surface area (Å²) in [6, 6.07) is 18.9. The van der Waals surface area contributed by atoms with Gasteiger partial charge < -0.3 is 9.15 Å². The van der Waals surface area contributed by atoms with E-state index in [0.717, 1.165) is 56.6 Å². The molecule has 0 N–H and O–H groups in total. The lowest BCUT2D eigenvalue weighted by Crippen LogP contribution is -1.88. The van der Waals surface area contributed by atoms with E-state index in [1.165, 1.54) is 16.7 Å². The first-order valence-electron chi connectivity index (χ1n) is 10.3. The lowest BCUT2D eigenvalue weighted by molar-refractivity contribution is 0.445. The largest absolute Gasteiger partial charge is 0.461 e. The number of ether oxygens (including phenoxy) is 1. The van der Waals surface area contributed by atoms with Crippen molar-refractivity contribution in [2.75, 3.05) is 0 Å². The van der Waals surface area contributed by atoms with Gasteiger partial charge in [-0.3, -0.25) is 0 Å². The zero-order valence-electron chi connectivity index (χ0n) is 17.6. The summed E-state index contributed by atoms with van der Waals surface area (Å²) in [6.45, 7) is 10.6. The van der Waals surface area contributed by atoms with Crippen LogP contribution >= 0.6 is 0 Å². The Labute approximate surface area is 176 Å². The second-order valence-electron chi connectivity index (χ2n) is 7.92. The highest BCUT2D eigenvalue weighted by molar-refractivity contribution is 6.07. The van der Waals surface area contributed by atoms with E-state index in [1.807, 2.05) is 31.2 Å². The van der Waals surface area contributed by atoms with Crippen LogP contribution < -0.4 is 4.74 Å². The SMILES string of the molecule is C=C(/C=C(\C)c1ccc2c(c1)C/C(=C\C)O2)c1ccc2c(oc3ccccc32)c1C. The lowest BCUT2D eigenvalue weighted by Gasteiger charge is -2.09. The van der Waals surface area contributed by atoms with E-state index >= 15 is 0 Å². The van der Waals surface area contributed by atoms with Crippen LogP contribution in [0.3, 0.4) is 0 Å². The predicted molar refractivity (Wildman–Crippen MR) is 126 cm³/mol. The second kappa shape index (κ2) is 7.07. The van der Waals surface area contributed by atoms with Gasteiger partial charge in [0.1, 0.15) is 22.7 Å². The van der Waals surface area contributed by atoms with Crippen LogP contribution in [0.2, 0.25) is 0 Å². The highest BCUT2D eigenvalue weighted by Gasteiger charge is 2.17. The molecule has 0 atom stereocenters. The highest BCUT2D eigenvalue weighted by atomic mass is 16.5. The molecule has 1 aliphatic rings. The third-order valence-corrected chi connectivity index (χ3v) is 5.98. The molecule has 0 radical (unpaired) electrons. The number of hydrogen-bond acceptors (Lipinski definition) is 2. The molecule has 30 heavy (non-hydrogen) atoms. The first-order valence-corrected chi connectivity index (χ1v) is 10.3. The molecule has 0 aliphatic carbocycles. The molecule has 1 aliphatic heterocycles. The maximum Gasteiger partial charge on any atom is 0.138 e. The fourth-order valence-corrected chi connectivity index (χ4v) is 4.28. The number of furan rings is 1. The molecule has 2 heteroatoms. The molecule has 0 saturated carbocycles. The summed E-state index contributed by atoms with van der Waals surface area (Å²) in [4.78, 5) is 0. The van der Waals surface area contributed by atoms with E-state index < -0.39 is 0 Å². The molecule has 0 amide bonds. The van der Waals surface area contributed by atoms with Crippen molar-refractivity contribution in [1.82, 2.24) is 0 Å². The molecule has 0 saturated heterocycles. The molecule has 0 bridgehead atoms. The standard InChI is InChI=1S/C28H24O2/c1-5-22-16-21-15-20(10-13-26(21)29-22)17(2)14-18(3)23-11-12-25-24-8-6-7-9-27(24)30-28(25)19(23)4/h5-15H,3,16H2,1-2,4H3/b17-14+,22-5+. The minimum absolute atomic E-state index is 0.857. The number of hydrogen-bond donors (Lipinski definition) is 0. The van der Waals surface area contributed by atoms with Crippen LogP contribution in [0.1, 0.15) is 36.1 Å². The van der Waals surface area contributed by atoms with Gasteiger partial charge in [-0.2, -0.15) is 0 Å². The number of para-hydroxylation sites is 1. The topological polar surface area (TPSA) is 22.4 Å².